The molecular formula is C15H28ClN5O. The predicted molar refractivity (Wildman–Crippen MR) is 89.3 cm³/mol. The third-order valence-electron chi connectivity index (χ3n) is 3.89. The zero-order valence-electron chi connectivity index (χ0n) is 13.8. The Bertz CT molecular complexity index is 457. The van der Waals surface area contributed by atoms with E-state index in [2.05, 4.69) is 36.4 Å². The van der Waals surface area contributed by atoms with Gasteiger partial charge in [-0.2, -0.15) is 0 Å². The fourth-order valence-corrected chi connectivity index (χ4v) is 2.64. The van der Waals surface area contributed by atoms with Crippen LogP contribution in [0.3, 0.4) is 0 Å². The molecule has 1 aromatic heterocycles. The molecule has 1 saturated heterocycles. The van der Waals surface area contributed by atoms with Crippen molar-refractivity contribution < 1.29 is 4.79 Å². The Morgan fingerprint density at radius 1 is 1.55 bits per heavy atom. The Balaban J connectivity index is 0.00000242. The van der Waals surface area contributed by atoms with Gasteiger partial charge in [0, 0.05) is 25.7 Å². The first-order valence-corrected chi connectivity index (χ1v) is 8.03. The second-order valence-electron chi connectivity index (χ2n) is 6.19. The zero-order chi connectivity index (χ0) is 15.2. The van der Waals surface area contributed by atoms with Crippen molar-refractivity contribution in [3.63, 3.8) is 0 Å². The third-order valence-corrected chi connectivity index (χ3v) is 3.89. The van der Waals surface area contributed by atoms with Crippen molar-refractivity contribution in [3.8, 4) is 0 Å². The van der Waals surface area contributed by atoms with E-state index < -0.39 is 0 Å². The van der Waals surface area contributed by atoms with Gasteiger partial charge in [0.2, 0.25) is 0 Å². The lowest BCUT2D eigenvalue weighted by molar-refractivity contribution is 0.0686. The Hall–Kier alpha value is -1.14. The van der Waals surface area contributed by atoms with Crippen LogP contribution in [0.15, 0.2) is 6.20 Å². The quantitative estimate of drug-likeness (QED) is 0.830. The van der Waals surface area contributed by atoms with Crippen LogP contribution in [-0.4, -0.2) is 51.5 Å². The molecule has 6 nitrogen and oxygen atoms in total. The molecular weight excluding hydrogens is 302 g/mol. The van der Waals surface area contributed by atoms with Crippen molar-refractivity contribution in [2.24, 2.45) is 5.92 Å². The van der Waals surface area contributed by atoms with E-state index in [1.54, 1.807) is 10.9 Å². The molecule has 1 atom stereocenters. The summed E-state index contributed by atoms with van der Waals surface area (Å²) in [6, 6.07) is 0.290. The van der Waals surface area contributed by atoms with Crippen molar-refractivity contribution in [2.45, 2.75) is 52.6 Å². The van der Waals surface area contributed by atoms with Crippen molar-refractivity contribution in [1.82, 2.24) is 25.2 Å². The number of carbonyl (C=O) groups is 1. The number of amides is 1. The average molecular weight is 330 g/mol. The van der Waals surface area contributed by atoms with Gasteiger partial charge in [-0.1, -0.05) is 26.0 Å². The number of rotatable bonds is 7. The van der Waals surface area contributed by atoms with Crippen LogP contribution in [0, 0.1) is 5.92 Å². The summed E-state index contributed by atoms with van der Waals surface area (Å²) in [6.07, 6.45) is 4.81. The summed E-state index contributed by atoms with van der Waals surface area (Å²) in [4.78, 5) is 14.6. The monoisotopic (exact) mass is 329 g/mol. The van der Waals surface area contributed by atoms with Crippen LogP contribution >= 0.6 is 12.4 Å². The van der Waals surface area contributed by atoms with Gasteiger partial charge in [0.15, 0.2) is 5.69 Å². The Labute approximate surface area is 139 Å². The van der Waals surface area contributed by atoms with Gasteiger partial charge in [0.1, 0.15) is 0 Å². The lowest BCUT2D eigenvalue weighted by Crippen LogP contribution is -2.42. The van der Waals surface area contributed by atoms with Gasteiger partial charge < -0.3 is 10.2 Å². The highest BCUT2D eigenvalue weighted by Crippen LogP contribution is 2.13. The van der Waals surface area contributed by atoms with Crippen LogP contribution in [0.5, 0.6) is 0 Å². The largest absolute Gasteiger partial charge is 0.333 e. The number of halogens is 1. The van der Waals surface area contributed by atoms with E-state index in [-0.39, 0.29) is 18.3 Å². The fourth-order valence-electron chi connectivity index (χ4n) is 2.64. The van der Waals surface area contributed by atoms with Crippen LogP contribution in [0.4, 0.5) is 0 Å². The second-order valence-corrected chi connectivity index (χ2v) is 6.19. The summed E-state index contributed by atoms with van der Waals surface area (Å²) in [5.41, 5.74) is 0.471. The number of hydrogen-bond acceptors (Lipinski definition) is 4. The van der Waals surface area contributed by atoms with Gasteiger partial charge in [0.05, 0.1) is 6.20 Å². The number of aromatic nitrogens is 3. The molecule has 1 N–H and O–H groups in total. The molecule has 1 aromatic rings. The fraction of sp³-hybridized carbons (Fsp3) is 0.800. The molecule has 1 unspecified atom stereocenters. The van der Waals surface area contributed by atoms with E-state index in [9.17, 15) is 4.79 Å². The molecule has 126 valence electrons. The normalized spacial score (nSPS) is 17.5. The van der Waals surface area contributed by atoms with Crippen molar-refractivity contribution in [1.29, 1.82) is 0 Å². The molecule has 2 rings (SSSR count). The summed E-state index contributed by atoms with van der Waals surface area (Å²) < 4.78 is 1.78. The van der Waals surface area contributed by atoms with Crippen molar-refractivity contribution >= 4 is 18.3 Å². The standard InChI is InChI=1S/C15H27N5O.ClH/c1-4-8-20(13-5-7-16-10-13)15(21)14-11-19(18-17-14)9-6-12(2)3;/h11-13,16H,4-10H2,1-3H3;1H. The number of carbonyl (C=O) groups excluding carboxylic acids is 1. The van der Waals surface area contributed by atoms with Gasteiger partial charge in [0.25, 0.3) is 5.91 Å². The van der Waals surface area contributed by atoms with E-state index in [0.29, 0.717) is 17.7 Å². The highest BCUT2D eigenvalue weighted by atomic mass is 35.5. The van der Waals surface area contributed by atoms with Gasteiger partial charge in [-0.05, 0) is 31.7 Å². The van der Waals surface area contributed by atoms with E-state index in [1.165, 1.54) is 0 Å². The SMILES string of the molecule is CCCN(C(=O)c1cn(CCC(C)C)nn1)C1CCNC1.Cl. The first-order chi connectivity index (χ1) is 10.1. The molecule has 1 fully saturated rings. The number of nitrogens with zero attached hydrogens (tertiary/aromatic N) is 4. The molecule has 0 saturated carbocycles. The minimum atomic E-state index is 0. The number of aryl methyl sites for hydroxylation is 1. The summed E-state index contributed by atoms with van der Waals surface area (Å²) >= 11 is 0. The highest BCUT2D eigenvalue weighted by molar-refractivity contribution is 5.92. The molecule has 0 radical (unpaired) electrons. The molecule has 1 amide bonds. The van der Waals surface area contributed by atoms with Crippen LogP contribution in [0.1, 0.15) is 50.5 Å². The summed E-state index contributed by atoms with van der Waals surface area (Å²) in [7, 11) is 0. The minimum Gasteiger partial charge on any atom is -0.333 e. The molecule has 0 aromatic carbocycles. The Morgan fingerprint density at radius 3 is 2.91 bits per heavy atom. The van der Waals surface area contributed by atoms with Gasteiger partial charge in [-0.3, -0.25) is 9.48 Å². The van der Waals surface area contributed by atoms with Crippen LogP contribution < -0.4 is 5.32 Å². The van der Waals surface area contributed by atoms with E-state index in [0.717, 1.165) is 45.4 Å². The van der Waals surface area contributed by atoms with Crippen LogP contribution in [0.2, 0.25) is 0 Å². The van der Waals surface area contributed by atoms with Gasteiger partial charge in [-0.25, -0.2) is 0 Å². The maximum atomic E-state index is 12.7. The molecule has 22 heavy (non-hydrogen) atoms. The predicted octanol–water partition coefficient (Wildman–Crippen LogP) is 1.96. The maximum Gasteiger partial charge on any atom is 0.276 e. The van der Waals surface area contributed by atoms with E-state index >= 15 is 0 Å². The van der Waals surface area contributed by atoms with Crippen molar-refractivity contribution in [2.75, 3.05) is 19.6 Å². The molecule has 1 aliphatic rings. The summed E-state index contributed by atoms with van der Waals surface area (Å²) in [5, 5.41) is 11.5. The van der Waals surface area contributed by atoms with Gasteiger partial charge in [-0.15, -0.1) is 17.5 Å². The third kappa shape index (κ3) is 4.95. The van der Waals surface area contributed by atoms with Crippen LogP contribution in [0.25, 0.3) is 0 Å². The molecule has 2 heterocycles. The molecule has 0 bridgehead atoms. The maximum absolute atomic E-state index is 12.7. The Kier molecular flexibility index (Phi) is 7.82. The average Bonchev–Trinajstić information content (AvgIpc) is 3.12. The first-order valence-electron chi connectivity index (χ1n) is 8.03. The van der Waals surface area contributed by atoms with Crippen molar-refractivity contribution in [3.05, 3.63) is 11.9 Å². The van der Waals surface area contributed by atoms with Crippen LogP contribution in [-0.2, 0) is 6.54 Å². The Morgan fingerprint density at radius 2 is 2.32 bits per heavy atom. The topological polar surface area (TPSA) is 63.1 Å². The van der Waals surface area contributed by atoms with E-state index in [4.69, 9.17) is 0 Å². The molecule has 1 aliphatic heterocycles. The lowest BCUT2D eigenvalue weighted by Gasteiger charge is -2.27. The van der Waals surface area contributed by atoms with Gasteiger partial charge >= 0.3 is 0 Å². The molecule has 0 spiro atoms. The number of nitrogens with one attached hydrogen (secondary N) is 1. The zero-order valence-corrected chi connectivity index (χ0v) is 14.6. The minimum absolute atomic E-state index is 0. The molecule has 7 heteroatoms. The summed E-state index contributed by atoms with van der Waals surface area (Å²) in [5.74, 6) is 0.635. The lowest BCUT2D eigenvalue weighted by atomic mass is 10.1. The molecule has 0 aliphatic carbocycles. The second kappa shape index (κ2) is 9.10. The number of hydrogen-bond donors (Lipinski definition) is 1. The first kappa shape index (κ1) is 18.9. The van der Waals surface area contributed by atoms with E-state index in [1.807, 2.05) is 4.90 Å². The summed E-state index contributed by atoms with van der Waals surface area (Å²) in [6.45, 7) is 9.92. The smallest absolute Gasteiger partial charge is 0.276 e. The highest BCUT2D eigenvalue weighted by Gasteiger charge is 2.28.